The zero-order valence-electron chi connectivity index (χ0n) is 8.30. The van der Waals surface area contributed by atoms with E-state index in [4.69, 9.17) is 12.2 Å². The third kappa shape index (κ3) is 4.38. The van der Waals surface area contributed by atoms with Crippen LogP contribution in [0.2, 0.25) is 0 Å². The van der Waals surface area contributed by atoms with Crippen molar-refractivity contribution in [1.82, 2.24) is 5.32 Å². The molecule has 70 valence electrons. The van der Waals surface area contributed by atoms with Gasteiger partial charge in [0.15, 0.2) is 0 Å². The molecule has 0 fully saturated rings. The van der Waals surface area contributed by atoms with Gasteiger partial charge < -0.3 is 11.1 Å². The van der Waals surface area contributed by atoms with E-state index in [1.165, 1.54) is 0 Å². The van der Waals surface area contributed by atoms with E-state index in [1.807, 2.05) is 6.92 Å². The van der Waals surface area contributed by atoms with Crippen molar-refractivity contribution in [3.63, 3.8) is 0 Å². The second kappa shape index (κ2) is 6.05. The van der Waals surface area contributed by atoms with E-state index in [0.29, 0.717) is 11.8 Å². The second-order valence-corrected chi connectivity index (χ2v) is 3.54. The van der Waals surface area contributed by atoms with Crippen LogP contribution in [0.5, 0.6) is 0 Å². The zero-order valence-corrected chi connectivity index (χ0v) is 8.30. The predicted molar refractivity (Wildman–Crippen MR) is 53.7 cm³/mol. The highest BCUT2D eigenvalue weighted by Crippen LogP contribution is 2.07. The number of nitrogens with two attached hydrogens (primary N) is 1. The van der Waals surface area contributed by atoms with Gasteiger partial charge in [-0.15, -0.1) is 6.42 Å². The van der Waals surface area contributed by atoms with Crippen LogP contribution in [0.4, 0.5) is 0 Å². The molecular weight excluding hydrogens is 148 g/mol. The molecule has 0 aliphatic rings. The molecule has 2 heteroatoms. The van der Waals surface area contributed by atoms with Gasteiger partial charge in [-0.1, -0.05) is 19.8 Å². The number of hydrogen-bond donors (Lipinski definition) is 2. The molecule has 0 heterocycles. The minimum Gasteiger partial charge on any atom is -0.330 e. The van der Waals surface area contributed by atoms with Crippen LogP contribution in [0.25, 0.3) is 0 Å². The van der Waals surface area contributed by atoms with Gasteiger partial charge in [-0.25, -0.2) is 0 Å². The van der Waals surface area contributed by atoms with E-state index in [0.717, 1.165) is 13.1 Å². The molecular formula is C10H20N2. The van der Waals surface area contributed by atoms with Crippen LogP contribution in [-0.2, 0) is 0 Å². The second-order valence-electron chi connectivity index (χ2n) is 3.54. The summed E-state index contributed by atoms with van der Waals surface area (Å²) < 4.78 is 0. The molecule has 0 aromatic heterocycles. The van der Waals surface area contributed by atoms with Crippen molar-refractivity contribution in [2.24, 2.45) is 17.6 Å². The number of rotatable bonds is 5. The van der Waals surface area contributed by atoms with Crippen molar-refractivity contribution in [2.45, 2.75) is 26.8 Å². The molecule has 0 rings (SSSR count). The maximum atomic E-state index is 5.61. The Morgan fingerprint density at radius 3 is 2.33 bits per heavy atom. The summed E-state index contributed by atoms with van der Waals surface area (Å²) in [5.41, 5.74) is 5.61. The quantitative estimate of drug-likeness (QED) is 0.597. The van der Waals surface area contributed by atoms with Gasteiger partial charge in [0, 0.05) is 6.54 Å². The van der Waals surface area contributed by atoms with Gasteiger partial charge in [0.2, 0.25) is 0 Å². The van der Waals surface area contributed by atoms with Gasteiger partial charge in [0.1, 0.15) is 0 Å². The molecule has 2 atom stereocenters. The Bertz CT molecular complexity index is 146. The Morgan fingerprint density at radius 1 is 1.42 bits per heavy atom. The molecule has 0 aromatic rings. The summed E-state index contributed by atoms with van der Waals surface area (Å²) in [6, 6.07) is 0.151. The predicted octanol–water partition coefficient (Wildman–Crippen LogP) is 0.829. The molecule has 0 saturated heterocycles. The first-order valence-corrected chi connectivity index (χ1v) is 4.51. The fraction of sp³-hybridized carbons (Fsp3) is 0.800. The fourth-order valence-electron chi connectivity index (χ4n) is 0.978. The summed E-state index contributed by atoms with van der Waals surface area (Å²) in [6.45, 7) is 7.98. The summed E-state index contributed by atoms with van der Waals surface area (Å²) in [4.78, 5) is 0. The first-order valence-electron chi connectivity index (χ1n) is 4.51. The molecule has 0 aromatic carbocycles. The fourth-order valence-corrected chi connectivity index (χ4v) is 0.978. The van der Waals surface area contributed by atoms with E-state index >= 15 is 0 Å². The summed E-state index contributed by atoms with van der Waals surface area (Å²) >= 11 is 0. The maximum absolute atomic E-state index is 5.61. The molecule has 0 radical (unpaired) electrons. The minimum absolute atomic E-state index is 0.151. The molecule has 0 aliphatic heterocycles. The first-order chi connectivity index (χ1) is 5.61. The molecule has 0 aliphatic carbocycles. The SMILES string of the molecule is C#CC(C)NCC(CN)C(C)C. The summed E-state index contributed by atoms with van der Waals surface area (Å²) in [6.07, 6.45) is 5.23. The largest absolute Gasteiger partial charge is 0.330 e. The third-order valence-corrected chi connectivity index (χ3v) is 2.18. The standard InChI is InChI=1S/C10H20N2/c1-5-9(4)12-7-10(6-11)8(2)3/h1,8-10,12H,6-7,11H2,2-4H3. The van der Waals surface area contributed by atoms with Gasteiger partial charge in [-0.3, -0.25) is 0 Å². The Hall–Kier alpha value is -0.520. The number of nitrogens with one attached hydrogen (secondary N) is 1. The lowest BCUT2D eigenvalue weighted by molar-refractivity contribution is 0.366. The molecule has 0 saturated carbocycles. The third-order valence-electron chi connectivity index (χ3n) is 2.18. The van der Waals surface area contributed by atoms with Crippen LogP contribution in [0.15, 0.2) is 0 Å². The maximum Gasteiger partial charge on any atom is 0.0658 e. The number of terminal acetylenes is 1. The highest BCUT2D eigenvalue weighted by molar-refractivity contribution is 4.95. The molecule has 3 N–H and O–H groups in total. The highest BCUT2D eigenvalue weighted by Gasteiger charge is 2.11. The molecule has 2 nitrogen and oxygen atoms in total. The van der Waals surface area contributed by atoms with Gasteiger partial charge >= 0.3 is 0 Å². The first kappa shape index (κ1) is 11.5. The van der Waals surface area contributed by atoms with Crippen LogP contribution in [-0.4, -0.2) is 19.1 Å². The minimum atomic E-state index is 0.151. The van der Waals surface area contributed by atoms with E-state index in [9.17, 15) is 0 Å². The van der Waals surface area contributed by atoms with E-state index in [2.05, 4.69) is 25.1 Å². The molecule has 2 unspecified atom stereocenters. The summed E-state index contributed by atoms with van der Waals surface area (Å²) in [5.74, 6) is 3.78. The molecule has 0 spiro atoms. The van der Waals surface area contributed by atoms with Crippen molar-refractivity contribution in [2.75, 3.05) is 13.1 Å². The Labute approximate surface area is 75.9 Å². The van der Waals surface area contributed by atoms with Crippen molar-refractivity contribution >= 4 is 0 Å². The van der Waals surface area contributed by atoms with E-state index in [1.54, 1.807) is 0 Å². The zero-order chi connectivity index (χ0) is 9.56. The number of hydrogen-bond acceptors (Lipinski definition) is 2. The topological polar surface area (TPSA) is 38.0 Å². The smallest absolute Gasteiger partial charge is 0.0658 e. The van der Waals surface area contributed by atoms with Gasteiger partial charge in [0.25, 0.3) is 0 Å². The van der Waals surface area contributed by atoms with E-state index < -0.39 is 0 Å². The van der Waals surface area contributed by atoms with Crippen molar-refractivity contribution in [3.8, 4) is 12.3 Å². The van der Waals surface area contributed by atoms with Crippen molar-refractivity contribution in [1.29, 1.82) is 0 Å². The lowest BCUT2D eigenvalue weighted by atomic mass is 9.96. The van der Waals surface area contributed by atoms with Gasteiger partial charge in [0.05, 0.1) is 6.04 Å². The van der Waals surface area contributed by atoms with Crippen molar-refractivity contribution in [3.05, 3.63) is 0 Å². The monoisotopic (exact) mass is 168 g/mol. The Morgan fingerprint density at radius 2 is 2.00 bits per heavy atom. The van der Waals surface area contributed by atoms with Crippen LogP contribution < -0.4 is 11.1 Å². The summed E-state index contributed by atoms with van der Waals surface area (Å²) in [7, 11) is 0. The summed E-state index contributed by atoms with van der Waals surface area (Å²) in [5, 5.41) is 3.25. The normalized spacial score (nSPS) is 15.7. The molecule has 12 heavy (non-hydrogen) atoms. The van der Waals surface area contributed by atoms with Crippen LogP contribution >= 0.6 is 0 Å². The molecule has 0 bridgehead atoms. The van der Waals surface area contributed by atoms with Gasteiger partial charge in [-0.05, 0) is 25.3 Å². The van der Waals surface area contributed by atoms with Crippen LogP contribution in [0.3, 0.4) is 0 Å². The van der Waals surface area contributed by atoms with Crippen LogP contribution in [0, 0.1) is 24.2 Å². The lowest BCUT2D eigenvalue weighted by Crippen LogP contribution is -2.35. The van der Waals surface area contributed by atoms with Crippen molar-refractivity contribution < 1.29 is 0 Å². The van der Waals surface area contributed by atoms with Gasteiger partial charge in [-0.2, -0.15) is 0 Å². The van der Waals surface area contributed by atoms with E-state index in [-0.39, 0.29) is 6.04 Å². The lowest BCUT2D eigenvalue weighted by Gasteiger charge is -2.20. The molecule has 0 amide bonds. The Kier molecular flexibility index (Phi) is 5.79. The van der Waals surface area contributed by atoms with Crippen LogP contribution in [0.1, 0.15) is 20.8 Å². The average molecular weight is 168 g/mol. The highest BCUT2D eigenvalue weighted by atomic mass is 14.9. The average Bonchev–Trinajstić information content (AvgIpc) is 2.04. The Balaban J connectivity index is 3.67.